The maximum absolute atomic E-state index is 13.5. The van der Waals surface area contributed by atoms with Crippen LogP contribution in [0.3, 0.4) is 0 Å². The van der Waals surface area contributed by atoms with Crippen molar-refractivity contribution in [2.75, 3.05) is 6.54 Å². The molecule has 0 aliphatic heterocycles. The molecule has 256 valence electrons. The first-order valence-electron chi connectivity index (χ1n) is 15.4. The van der Waals surface area contributed by atoms with Crippen LogP contribution in [0.5, 0.6) is 0 Å². The van der Waals surface area contributed by atoms with Crippen molar-refractivity contribution in [3.8, 4) is 0 Å². The third-order valence-corrected chi connectivity index (χ3v) is 6.74. The predicted molar refractivity (Wildman–Crippen MR) is 177 cm³/mol. The molecule has 0 heterocycles. The number of hydrogen-bond donors (Lipinski definition) is 7. The Kier molecular flexibility index (Phi) is 15.3. The number of aryl methyl sites for hydroxylation is 1. The Balaban J connectivity index is 2.20. The molecule has 0 saturated heterocycles. The van der Waals surface area contributed by atoms with Crippen molar-refractivity contribution in [2.45, 2.75) is 89.8 Å². The van der Waals surface area contributed by atoms with Gasteiger partial charge in [-0.1, -0.05) is 60.7 Å². The lowest BCUT2D eigenvalue weighted by Crippen LogP contribution is -2.60. The average Bonchev–Trinajstić information content (AvgIpc) is 3.01. The van der Waals surface area contributed by atoms with Crippen LogP contribution in [0, 0.1) is 0 Å². The number of aliphatic hydroxyl groups excluding tert-OH is 1. The summed E-state index contributed by atoms with van der Waals surface area (Å²) in [6.45, 7) is 6.48. The predicted octanol–water partition coefficient (Wildman–Crippen LogP) is 0.802. The lowest BCUT2D eigenvalue weighted by atomic mass is 10.0. The van der Waals surface area contributed by atoms with Crippen molar-refractivity contribution in [1.82, 2.24) is 21.3 Å². The molecule has 0 radical (unpaired) electrons. The summed E-state index contributed by atoms with van der Waals surface area (Å²) in [7, 11) is 0. The highest BCUT2D eigenvalue weighted by Gasteiger charge is 2.34. The Labute approximate surface area is 275 Å². The van der Waals surface area contributed by atoms with Gasteiger partial charge in [0.05, 0.1) is 12.1 Å². The fraction of sp³-hybridized carbons (Fsp3) is 0.455. The fourth-order valence-electron chi connectivity index (χ4n) is 4.38. The van der Waals surface area contributed by atoms with Gasteiger partial charge < -0.3 is 42.6 Å². The van der Waals surface area contributed by atoms with E-state index in [4.69, 9.17) is 16.2 Å². The number of rotatable bonds is 17. The molecular formula is C33H47N7O7. The number of ether oxygens (including phenoxy) is 1. The molecule has 0 saturated carbocycles. The van der Waals surface area contributed by atoms with Gasteiger partial charge in [0, 0.05) is 12.1 Å². The molecule has 4 amide bonds. The van der Waals surface area contributed by atoms with Crippen LogP contribution in [0.4, 0.5) is 4.79 Å². The van der Waals surface area contributed by atoms with Crippen LogP contribution in [0.1, 0.15) is 58.1 Å². The van der Waals surface area contributed by atoms with Gasteiger partial charge in [-0.05, 0) is 64.5 Å². The highest BCUT2D eigenvalue weighted by molar-refractivity contribution is 6.38. The highest BCUT2D eigenvalue weighted by atomic mass is 16.5. The third-order valence-electron chi connectivity index (χ3n) is 6.74. The van der Waals surface area contributed by atoms with Gasteiger partial charge in [0.25, 0.3) is 5.91 Å². The minimum absolute atomic E-state index is 0.00605. The second-order valence-corrected chi connectivity index (χ2v) is 12.1. The first-order chi connectivity index (χ1) is 22.2. The zero-order valence-electron chi connectivity index (χ0n) is 27.3. The summed E-state index contributed by atoms with van der Waals surface area (Å²) in [5, 5.41) is 20.6. The lowest BCUT2D eigenvalue weighted by molar-refractivity contribution is -0.141. The van der Waals surface area contributed by atoms with Gasteiger partial charge in [0.2, 0.25) is 17.6 Å². The molecule has 2 aromatic carbocycles. The van der Waals surface area contributed by atoms with Crippen molar-refractivity contribution < 1.29 is 33.8 Å². The molecule has 2 rings (SSSR count). The average molecular weight is 654 g/mol. The maximum Gasteiger partial charge on any atom is 0.408 e. The quantitative estimate of drug-likeness (QED) is 0.0554. The van der Waals surface area contributed by atoms with Gasteiger partial charge in [0.15, 0.2) is 5.96 Å². The summed E-state index contributed by atoms with van der Waals surface area (Å²) in [5.41, 5.74) is 11.7. The van der Waals surface area contributed by atoms with Crippen LogP contribution in [0.2, 0.25) is 0 Å². The zero-order chi connectivity index (χ0) is 35.0. The third kappa shape index (κ3) is 14.8. The molecule has 14 nitrogen and oxygen atoms in total. The van der Waals surface area contributed by atoms with E-state index in [9.17, 15) is 29.1 Å². The summed E-state index contributed by atoms with van der Waals surface area (Å²) >= 11 is 0. The molecule has 47 heavy (non-hydrogen) atoms. The van der Waals surface area contributed by atoms with E-state index in [2.05, 4.69) is 26.3 Å². The fourth-order valence-corrected chi connectivity index (χ4v) is 4.38. The van der Waals surface area contributed by atoms with Gasteiger partial charge in [-0.15, -0.1) is 0 Å². The van der Waals surface area contributed by atoms with E-state index in [-0.39, 0.29) is 38.4 Å². The molecule has 0 unspecified atom stereocenters. The van der Waals surface area contributed by atoms with E-state index in [0.29, 0.717) is 6.42 Å². The van der Waals surface area contributed by atoms with Crippen molar-refractivity contribution in [3.05, 3.63) is 71.8 Å². The number of aliphatic hydroxyl groups is 1. The van der Waals surface area contributed by atoms with E-state index in [1.165, 1.54) is 6.92 Å². The van der Waals surface area contributed by atoms with Crippen molar-refractivity contribution in [3.63, 3.8) is 0 Å². The van der Waals surface area contributed by atoms with Gasteiger partial charge >= 0.3 is 6.09 Å². The number of aliphatic imine (C=N–C) groups is 1. The molecule has 0 aliphatic rings. The van der Waals surface area contributed by atoms with Crippen molar-refractivity contribution >= 4 is 35.6 Å². The number of nitrogens with zero attached hydrogens (tertiary/aromatic N) is 1. The van der Waals surface area contributed by atoms with Crippen molar-refractivity contribution in [1.29, 1.82) is 0 Å². The van der Waals surface area contributed by atoms with E-state index >= 15 is 0 Å². The number of nitrogens with one attached hydrogen (secondary N) is 4. The van der Waals surface area contributed by atoms with Gasteiger partial charge in [-0.3, -0.25) is 24.2 Å². The second kappa shape index (κ2) is 18.9. The number of hydrogen-bond acceptors (Lipinski definition) is 8. The minimum atomic E-state index is -1.54. The van der Waals surface area contributed by atoms with E-state index < -0.39 is 59.4 Å². The normalized spacial score (nSPS) is 13.6. The standard InChI is InChI=1S/C33H47N7O7/c1-21(41)26(29(44)37-24(16-11-19-36-31(34)35)27(42)30(45)40-33(2,3)4)39-28(43)25(18-17-22-12-7-5-8-13-22)38-32(46)47-20-23-14-9-6-10-15-23/h5-10,12-15,21,24-26,41H,11,16-20H2,1-4H3,(H,37,44)(H,38,46)(H,39,43)(H,40,45)(H4,34,35,36)/t21-,24-,25-,26-/m0/s1. The number of ketones is 1. The second-order valence-electron chi connectivity index (χ2n) is 12.1. The minimum Gasteiger partial charge on any atom is -0.445 e. The topological polar surface area (TPSA) is 227 Å². The molecule has 0 spiro atoms. The number of carbonyl (C=O) groups is 5. The van der Waals surface area contributed by atoms with Crippen LogP contribution in [0.15, 0.2) is 65.7 Å². The Morgan fingerprint density at radius 1 is 0.830 bits per heavy atom. The van der Waals surface area contributed by atoms with E-state index in [1.54, 1.807) is 45.0 Å². The smallest absolute Gasteiger partial charge is 0.408 e. The Bertz CT molecular complexity index is 1360. The molecule has 2 aromatic rings. The summed E-state index contributed by atoms with van der Waals surface area (Å²) in [6.07, 6.45) is -1.49. The summed E-state index contributed by atoms with van der Waals surface area (Å²) in [5.74, 6) is -3.66. The zero-order valence-corrected chi connectivity index (χ0v) is 27.3. The van der Waals surface area contributed by atoms with Crippen LogP contribution in [-0.2, 0) is 36.9 Å². The number of nitrogens with two attached hydrogens (primary N) is 2. The highest BCUT2D eigenvalue weighted by Crippen LogP contribution is 2.09. The van der Waals surface area contributed by atoms with Crippen LogP contribution in [-0.4, -0.2) is 77.0 Å². The summed E-state index contributed by atoms with van der Waals surface area (Å²) < 4.78 is 5.30. The maximum atomic E-state index is 13.5. The first kappa shape index (κ1) is 38.2. The molecule has 14 heteroatoms. The Hall–Kier alpha value is -4.98. The Morgan fingerprint density at radius 2 is 1.43 bits per heavy atom. The van der Waals surface area contributed by atoms with Crippen LogP contribution >= 0.6 is 0 Å². The molecule has 4 atom stereocenters. The number of alkyl carbamates (subject to hydrolysis) is 1. The molecule has 0 fully saturated rings. The number of benzene rings is 2. The van der Waals surface area contributed by atoms with Gasteiger partial charge in [0.1, 0.15) is 18.7 Å². The summed E-state index contributed by atoms with van der Waals surface area (Å²) in [4.78, 5) is 69.3. The monoisotopic (exact) mass is 653 g/mol. The van der Waals surface area contributed by atoms with Gasteiger partial charge in [-0.2, -0.15) is 0 Å². The number of carbonyl (C=O) groups excluding carboxylic acids is 5. The Morgan fingerprint density at radius 3 is 1.98 bits per heavy atom. The van der Waals surface area contributed by atoms with Crippen molar-refractivity contribution in [2.24, 2.45) is 16.5 Å². The number of guanidine groups is 1. The van der Waals surface area contributed by atoms with Crippen LogP contribution in [0.25, 0.3) is 0 Å². The van der Waals surface area contributed by atoms with Crippen LogP contribution < -0.4 is 32.7 Å². The number of Topliss-reactive ketones (excluding diaryl/α,β-unsaturated/α-hetero) is 1. The van der Waals surface area contributed by atoms with E-state index in [0.717, 1.165) is 11.1 Å². The molecule has 0 bridgehead atoms. The largest absolute Gasteiger partial charge is 0.445 e. The molecular weight excluding hydrogens is 606 g/mol. The molecule has 0 aromatic heterocycles. The SMILES string of the molecule is C[C@H](O)[C@H](NC(=O)[C@H](CCc1ccccc1)NC(=O)OCc1ccccc1)C(=O)N[C@@H](CCCN=C(N)N)C(=O)C(=O)NC(C)(C)C. The lowest BCUT2D eigenvalue weighted by Gasteiger charge is -2.27. The summed E-state index contributed by atoms with van der Waals surface area (Å²) in [6, 6.07) is 14.3. The van der Waals surface area contributed by atoms with Gasteiger partial charge in [-0.25, -0.2) is 4.79 Å². The first-order valence-corrected chi connectivity index (χ1v) is 15.4. The molecule has 9 N–H and O–H groups in total. The van der Waals surface area contributed by atoms with E-state index in [1.807, 2.05) is 36.4 Å². The number of amides is 4. The molecule has 0 aliphatic carbocycles.